The Bertz CT molecular complexity index is 1330. The summed E-state index contributed by atoms with van der Waals surface area (Å²) >= 11 is 1.63. The molecule has 4 nitrogen and oxygen atoms in total. The van der Waals surface area contributed by atoms with Crippen molar-refractivity contribution in [2.45, 2.75) is 25.4 Å². The molecule has 2 heterocycles. The third-order valence-corrected chi connectivity index (χ3v) is 7.36. The van der Waals surface area contributed by atoms with Gasteiger partial charge in [0, 0.05) is 28.4 Å². The van der Waals surface area contributed by atoms with Crippen molar-refractivity contribution in [3.05, 3.63) is 95.8 Å². The van der Waals surface area contributed by atoms with Gasteiger partial charge in [0.2, 0.25) is 5.91 Å². The maximum atomic E-state index is 13.3. The quantitative estimate of drug-likeness (QED) is 0.308. The van der Waals surface area contributed by atoms with Crippen molar-refractivity contribution in [1.82, 2.24) is 0 Å². The second kappa shape index (κ2) is 9.41. The number of hydrogen-bond acceptors (Lipinski definition) is 4. The Balaban J connectivity index is 1.44. The molecule has 3 aromatic carbocycles. The van der Waals surface area contributed by atoms with Crippen molar-refractivity contribution < 1.29 is 19.4 Å². The summed E-state index contributed by atoms with van der Waals surface area (Å²) in [6.45, 7) is 0.719. The van der Waals surface area contributed by atoms with Crippen LogP contribution in [0.25, 0.3) is 20.9 Å². The Morgan fingerprint density at radius 2 is 1.76 bits per heavy atom. The van der Waals surface area contributed by atoms with Crippen LogP contribution in [0.5, 0.6) is 5.75 Å². The van der Waals surface area contributed by atoms with E-state index in [1.165, 1.54) is 12.1 Å². The molecule has 2 N–H and O–H groups in total. The predicted molar refractivity (Wildman–Crippen MR) is 134 cm³/mol. The van der Waals surface area contributed by atoms with Gasteiger partial charge in [-0.3, -0.25) is 4.79 Å². The number of hydrogen-bond donors (Lipinski definition) is 2. The molecule has 1 atom stereocenters. The molecule has 0 unspecified atom stereocenters. The number of anilines is 1. The number of aliphatic hydroxyl groups is 1. The summed E-state index contributed by atoms with van der Waals surface area (Å²) in [6, 6.07) is 23.3. The maximum absolute atomic E-state index is 13.3. The highest BCUT2D eigenvalue weighted by molar-refractivity contribution is 7.18. The zero-order valence-electron chi connectivity index (χ0n) is 18.4. The number of amides is 1. The van der Waals surface area contributed by atoms with E-state index in [2.05, 4.69) is 6.07 Å². The lowest BCUT2D eigenvalue weighted by Crippen LogP contribution is -2.43. The van der Waals surface area contributed by atoms with E-state index in [0.29, 0.717) is 24.8 Å². The average Bonchev–Trinajstić information content (AvgIpc) is 3.32. The van der Waals surface area contributed by atoms with Crippen LogP contribution in [0.2, 0.25) is 0 Å². The van der Waals surface area contributed by atoms with E-state index in [1.54, 1.807) is 40.5 Å². The predicted octanol–water partition coefficient (Wildman–Crippen LogP) is 6.33. The number of β-lactam (4-membered cyclic amide) rings is 1. The van der Waals surface area contributed by atoms with Gasteiger partial charge in [0.05, 0.1) is 6.10 Å². The number of halogens is 1. The van der Waals surface area contributed by atoms with E-state index in [1.807, 2.05) is 36.4 Å². The number of carbonyl (C=O) groups excluding carboxylic acids is 1. The number of benzene rings is 3. The van der Waals surface area contributed by atoms with Gasteiger partial charge in [0.15, 0.2) is 0 Å². The normalized spacial score (nSPS) is 14.2. The molecule has 6 heteroatoms. The number of nitrogens with zero attached hydrogens (tertiary/aromatic N) is 1. The zero-order chi connectivity index (χ0) is 23.7. The third-order valence-electron chi connectivity index (χ3n) is 6.19. The van der Waals surface area contributed by atoms with Crippen LogP contribution in [0.15, 0.2) is 78.9 Å². The molecular weight excluding hydrogens is 449 g/mol. The van der Waals surface area contributed by atoms with Crippen LogP contribution in [-0.4, -0.2) is 22.7 Å². The number of carbonyl (C=O) groups is 1. The molecular formula is C28H24FNO3S. The first-order valence-corrected chi connectivity index (χ1v) is 12.1. The molecule has 0 aliphatic carbocycles. The Kier molecular flexibility index (Phi) is 6.18. The van der Waals surface area contributed by atoms with E-state index in [9.17, 15) is 19.4 Å². The van der Waals surface area contributed by atoms with Crippen molar-refractivity contribution in [3.8, 4) is 26.6 Å². The number of thiophene rings is 1. The third kappa shape index (κ3) is 4.60. The second-order valence-corrected chi connectivity index (χ2v) is 9.54. The molecule has 0 bridgehead atoms. The topological polar surface area (TPSA) is 60.8 Å². The van der Waals surface area contributed by atoms with Crippen LogP contribution < -0.4 is 4.90 Å². The Morgan fingerprint density at radius 3 is 2.47 bits per heavy atom. The zero-order valence-corrected chi connectivity index (χ0v) is 19.3. The van der Waals surface area contributed by atoms with E-state index < -0.39 is 6.10 Å². The number of aromatic hydroxyl groups is 1. The summed E-state index contributed by atoms with van der Waals surface area (Å²) in [6.07, 6.45) is 0.927. The van der Waals surface area contributed by atoms with Gasteiger partial charge in [0.1, 0.15) is 11.6 Å². The minimum Gasteiger partial charge on any atom is -0.508 e. The lowest BCUT2D eigenvalue weighted by atomic mass is 9.96. The molecule has 5 rings (SSSR count). The minimum atomic E-state index is -0.714. The molecule has 1 aromatic heterocycles. The molecule has 1 fully saturated rings. The van der Waals surface area contributed by atoms with Gasteiger partial charge < -0.3 is 15.1 Å². The Morgan fingerprint density at radius 1 is 0.971 bits per heavy atom. The minimum absolute atomic E-state index is 0.118. The first kappa shape index (κ1) is 22.3. The summed E-state index contributed by atoms with van der Waals surface area (Å²) in [5.74, 6) is 0.0178. The van der Waals surface area contributed by atoms with Gasteiger partial charge in [-0.1, -0.05) is 30.3 Å². The highest BCUT2D eigenvalue weighted by atomic mass is 32.1. The largest absolute Gasteiger partial charge is 0.508 e. The number of aliphatic hydroxyl groups excluding tert-OH is 1. The van der Waals surface area contributed by atoms with Gasteiger partial charge in [-0.2, -0.15) is 0 Å². The van der Waals surface area contributed by atoms with E-state index in [-0.39, 0.29) is 17.5 Å². The second-order valence-electron chi connectivity index (χ2n) is 8.46. The smallest absolute Gasteiger partial charge is 0.228 e. The summed E-state index contributed by atoms with van der Waals surface area (Å²) in [4.78, 5) is 15.9. The van der Waals surface area contributed by atoms with Crippen molar-refractivity contribution in [2.75, 3.05) is 11.4 Å². The monoisotopic (exact) mass is 473 g/mol. The highest BCUT2D eigenvalue weighted by Crippen LogP contribution is 2.39. The number of aryl methyl sites for hydroxylation is 1. The van der Waals surface area contributed by atoms with E-state index >= 15 is 0 Å². The van der Waals surface area contributed by atoms with Crippen LogP contribution in [0, 0.1) is 5.82 Å². The fraction of sp³-hybridized carbons (Fsp3) is 0.179. The van der Waals surface area contributed by atoms with Crippen LogP contribution in [0.1, 0.15) is 30.1 Å². The van der Waals surface area contributed by atoms with Crippen LogP contribution in [0.3, 0.4) is 0 Å². The SMILES string of the molecule is O=C1CCN1c1ccc(-c2ccc(-c3cccc(O)c3)s2)c(CC[C@H](O)c2ccc(F)cc2)c1. The first-order valence-electron chi connectivity index (χ1n) is 11.2. The molecule has 0 radical (unpaired) electrons. The fourth-order valence-electron chi connectivity index (χ4n) is 4.22. The van der Waals surface area contributed by atoms with Crippen molar-refractivity contribution >= 4 is 22.9 Å². The molecule has 34 heavy (non-hydrogen) atoms. The van der Waals surface area contributed by atoms with Crippen LogP contribution >= 0.6 is 11.3 Å². The summed E-state index contributed by atoms with van der Waals surface area (Å²) in [5.41, 5.74) is 4.60. The van der Waals surface area contributed by atoms with Crippen LogP contribution in [0.4, 0.5) is 10.1 Å². The lowest BCUT2D eigenvalue weighted by Gasteiger charge is -2.31. The van der Waals surface area contributed by atoms with Crippen molar-refractivity contribution in [3.63, 3.8) is 0 Å². The fourth-order valence-corrected chi connectivity index (χ4v) is 5.29. The van der Waals surface area contributed by atoms with Gasteiger partial charge in [0.25, 0.3) is 0 Å². The summed E-state index contributed by atoms with van der Waals surface area (Å²) in [7, 11) is 0. The standard InChI is InChI=1S/C28H24FNO3S/c29-21-7-4-18(5-8-21)25(32)11-6-19-16-22(30-15-14-28(30)33)9-10-24(19)27-13-12-26(34-27)20-2-1-3-23(31)17-20/h1-5,7-10,12-13,16-17,25,31-32H,6,11,14-15H2/t25-/m0/s1. The highest BCUT2D eigenvalue weighted by Gasteiger charge is 2.26. The molecule has 4 aromatic rings. The van der Waals surface area contributed by atoms with Gasteiger partial charge >= 0.3 is 0 Å². The molecule has 1 saturated heterocycles. The number of phenols is 1. The van der Waals surface area contributed by atoms with Crippen molar-refractivity contribution in [2.24, 2.45) is 0 Å². The van der Waals surface area contributed by atoms with Gasteiger partial charge in [-0.15, -0.1) is 11.3 Å². The lowest BCUT2D eigenvalue weighted by molar-refractivity contribution is -0.122. The van der Waals surface area contributed by atoms with E-state index in [0.717, 1.165) is 38.7 Å². The molecule has 1 amide bonds. The molecule has 172 valence electrons. The van der Waals surface area contributed by atoms with Gasteiger partial charge in [-0.05, 0) is 83.6 Å². The molecule has 1 aliphatic heterocycles. The Labute approximate surface area is 201 Å². The maximum Gasteiger partial charge on any atom is 0.228 e. The number of rotatable bonds is 7. The first-order chi connectivity index (χ1) is 16.5. The Hall–Kier alpha value is -3.48. The van der Waals surface area contributed by atoms with Gasteiger partial charge in [-0.25, -0.2) is 4.39 Å². The average molecular weight is 474 g/mol. The molecule has 0 spiro atoms. The number of phenolic OH excluding ortho intramolecular Hbond substituents is 1. The molecule has 1 aliphatic rings. The summed E-state index contributed by atoms with van der Waals surface area (Å²) < 4.78 is 13.3. The summed E-state index contributed by atoms with van der Waals surface area (Å²) in [5, 5.41) is 20.5. The molecule has 0 saturated carbocycles. The van der Waals surface area contributed by atoms with E-state index in [4.69, 9.17) is 0 Å². The van der Waals surface area contributed by atoms with Crippen LogP contribution in [-0.2, 0) is 11.2 Å². The van der Waals surface area contributed by atoms with Crippen molar-refractivity contribution in [1.29, 1.82) is 0 Å².